The summed E-state index contributed by atoms with van der Waals surface area (Å²) in [5.41, 5.74) is 2.29. The maximum Gasteiger partial charge on any atom is 0.240 e. The van der Waals surface area contributed by atoms with Gasteiger partial charge in [0.1, 0.15) is 0 Å². The molecule has 7 nitrogen and oxygen atoms in total. The number of para-hydroxylation sites is 1. The molecule has 1 fully saturated rings. The van der Waals surface area contributed by atoms with E-state index in [1.807, 2.05) is 38.1 Å². The van der Waals surface area contributed by atoms with Crippen LogP contribution in [0.25, 0.3) is 0 Å². The second-order valence-corrected chi connectivity index (χ2v) is 9.35. The first-order chi connectivity index (χ1) is 14.2. The van der Waals surface area contributed by atoms with Crippen molar-refractivity contribution in [3.05, 3.63) is 54.1 Å². The quantitative estimate of drug-likeness (QED) is 0.707. The maximum atomic E-state index is 12.7. The smallest absolute Gasteiger partial charge is 0.240 e. The molecule has 0 aromatic heterocycles. The van der Waals surface area contributed by atoms with Gasteiger partial charge in [-0.05, 0) is 56.2 Å². The van der Waals surface area contributed by atoms with Crippen LogP contribution in [0.15, 0.2) is 53.4 Å². The van der Waals surface area contributed by atoms with Crippen LogP contribution in [0, 0.1) is 12.8 Å². The molecule has 2 amide bonds. The van der Waals surface area contributed by atoms with E-state index in [-0.39, 0.29) is 29.2 Å². The molecule has 8 heteroatoms. The number of aryl methyl sites for hydroxylation is 1. The lowest BCUT2D eigenvalue weighted by atomic mass is 10.1. The van der Waals surface area contributed by atoms with Gasteiger partial charge in [-0.1, -0.05) is 25.1 Å². The average molecular weight is 430 g/mol. The van der Waals surface area contributed by atoms with E-state index in [2.05, 4.69) is 10.0 Å². The van der Waals surface area contributed by atoms with Gasteiger partial charge >= 0.3 is 0 Å². The molecule has 0 aliphatic carbocycles. The fourth-order valence-electron chi connectivity index (χ4n) is 3.36. The van der Waals surface area contributed by atoms with Crippen molar-refractivity contribution in [2.75, 3.05) is 16.8 Å². The van der Waals surface area contributed by atoms with E-state index in [0.717, 1.165) is 11.3 Å². The third-order valence-electron chi connectivity index (χ3n) is 5.30. The molecule has 1 saturated heterocycles. The lowest BCUT2D eigenvalue weighted by Gasteiger charge is -2.19. The third-order valence-corrected chi connectivity index (χ3v) is 6.91. The highest BCUT2D eigenvalue weighted by atomic mass is 32.2. The molecule has 1 aliphatic rings. The van der Waals surface area contributed by atoms with Crippen LogP contribution in [-0.4, -0.2) is 32.8 Å². The molecular formula is C22H27N3O4S. The molecule has 1 aliphatic heterocycles. The summed E-state index contributed by atoms with van der Waals surface area (Å²) in [7, 11) is -3.60. The standard InChI is InChI=1S/C22H27N3O4S/c1-4-16(3)24-30(28,29)19-11-9-18(10-12-19)23-22(27)17-13-21(26)25(14-17)20-8-6-5-7-15(20)2/h5-12,16-17,24H,4,13-14H2,1-3H3,(H,23,27)/t16-,17-/m0/s1. The maximum absolute atomic E-state index is 12.7. The lowest BCUT2D eigenvalue weighted by Crippen LogP contribution is -2.32. The SMILES string of the molecule is CC[C@H](C)NS(=O)(=O)c1ccc(NC(=O)[C@H]2CC(=O)N(c3ccccc3C)C2)cc1. The van der Waals surface area contributed by atoms with Crippen molar-refractivity contribution < 1.29 is 18.0 Å². The Morgan fingerprint density at radius 1 is 1.17 bits per heavy atom. The van der Waals surface area contributed by atoms with E-state index < -0.39 is 15.9 Å². The molecule has 0 unspecified atom stereocenters. The predicted molar refractivity (Wildman–Crippen MR) is 117 cm³/mol. The Morgan fingerprint density at radius 3 is 2.47 bits per heavy atom. The number of carbonyl (C=O) groups excluding carboxylic acids is 2. The summed E-state index contributed by atoms with van der Waals surface area (Å²) in [4.78, 5) is 26.9. The fourth-order valence-corrected chi connectivity index (χ4v) is 4.69. The van der Waals surface area contributed by atoms with Crippen LogP contribution < -0.4 is 14.9 Å². The second kappa shape index (κ2) is 8.97. The highest BCUT2D eigenvalue weighted by Gasteiger charge is 2.35. The monoisotopic (exact) mass is 429 g/mol. The third kappa shape index (κ3) is 4.88. The molecule has 0 radical (unpaired) electrons. The van der Waals surface area contributed by atoms with E-state index in [4.69, 9.17) is 0 Å². The molecular weight excluding hydrogens is 402 g/mol. The molecule has 1 heterocycles. The number of carbonyl (C=O) groups is 2. The zero-order valence-electron chi connectivity index (χ0n) is 17.4. The van der Waals surface area contributed by atoms with E-state index in [1.54, 1.807) is 24.0 Å². The van der Waals surface area contributed by atoms with Gasteiger partial charge in [-0.3, -0.25) is 9.59 Å². The first-order valence-corrected chi connectivity index (χ1v) is 11.5. The number of hydrogen-bond donors (Lipinski definition) is 2. The van der Waals surface area contributed by atoms with E-state index >= 15 is 0 Å². The van der Waals surface area contributed by atoms with Gasteiger partial charge in [-0.25, -0.2) is 13.1 Å². The number of nitrogens with zero attached hydrogens (tertiary/aromatic N) is 1. The van der Waals surface area contributed by atoms with E-state index in [0.29, 0.717) is 18.7 Å². The summed E-state index contributed by atoms with van der Waals surface area (Å²) >= 11 is 0. The Kier molecular flexibility index (Phi) is 6.58. The highest BCUT2D eigenvalue weighted by molar-refractivity contribution is 7.89. The number of amides is 2. The average Bonchev–Trinajstić information content (AvgIpc) is 3.10. The Labute approximate surface area is 177 Å². The van der Waals surface area contributed by atoms with Crippen LogP contribution in [0.3, 0.4) is 0 Å². The molecule has 3 rings (SSSR count). The highest BCUT2D eigenvalue weighted by Crippen LogP contribution is 2.28. The molecule has 0 bridgehead atoms. The largest absolute Gasteiger partial charge is 0.326 e. The number of benzene rings is 2. The normalized spacial score (nSPS) is 17.8. The predicted octanol–water partition coefficient (Wildman–Crippen LogP) is 3.06. The molecule has 2 N–H and O–H groups in total. The van der Waals surface area contributed by atoms with Crippen LogP contribution in [0.1, 0.15) is 32.3 Å². The topological polar surface area (TPSA) is 95.6 Å². The zero-order valence-corrected chi connectivity index (χ0v) is 18.2. The number of hydrogen-bond acceptors (Lipinski definition) is 4. The van der Waals surface area contributed by atoms with Gasteiger partial charge in [-0.2, -0.15) is 0 Å². The van der Waals surface area contributed by atoms with Crippen LogP contribution in [0.4, 0.5) is 11.4 Å². The second-order valence-electron chi connectivity index (χ2n) is 7.64. The molecule has 160 valence electrons. The minimum Gasteiger partial charge on any atom is -0.326 e. The molecule has 2 atom stereocenters. The summed E-state index contributed by atoms with van der Waals surface area (Å²) < 4.78 is 27.3. The van der Waals surface area contributed by atoms with Crippen molar-refractivity contribution in [1.29, 1.82) is 0 Å². The zero-order chi connectivity index (χ0) is 21.9. The van der Waals surface area contributed by atoms with Crippen molar-refractivity contribution in [3.63, 3.8) is 0 Å². The summed E-state index contributed by atoms with van der Waals surface area (Å²) in [6, 6.07) is 13.4. The number of nitrogens with one attached hydrogen (secondary N) is 2. The van der Waals surface area contributed by atoms with Crippen molar-refractivity contribution in [2.24, 2.45) is 5.92 Å². The molecule has 30 heavy (non-hydrogen) atoms. The molecule has 0 spiro atoms. The Bertz CT molecular complexity index is 1030. The van der Waals surface area contributed by atoms with Crippen molar-refractivity contribution >= 4 is 33.2 Å². The van der Waals surface area contributed by atoms with Gasteiger partial charge in [0, 0.05) is 30.4 Å². The summed E-state index contributed by atoms with van der Waals surface area (Å²) in [5, 5.41) is 2.79. The van der Waals surface area contributed by atoms with Crippen molar-refractivity contribution in [1.82, 2.24) is 4.72 Å². The summed E-state index contributed by atoms with van der Waals surface area (Å²) in [6.45, 7) is 5.96. The van der Waals surface area contributed by atoms with Crippen molar-refractivity contribution in [2.45, 2.75) is 44.6 Å². The Balaban J connectivity index is 1.65. The van der Waals surface area contributed by atoms with Gasteiger partial charge in [0.05, 0.1) is 10.8 Å². The Morgan fingerprint density at radius 2 is 1.83 bits per heavy atom. The molecule has 0 saturated carbocycles. The minimum absolute atomic E-state index is 0.0815. The van der Waals surface area contributed by atoms with Crippen molar-refractivity contribution in [3.8, 4) is 0 Å². The summed E-state index contributed by atoms with van der Waals surface area (Å²) in [6.07, 6.45) is 0.832. The van der Waals surface area contributed by atoms with Gasteiger partial charge in [0.25, 0.3) is 0 Å². The minimum atomic E-state index is -3.60. The fraction of sp³-hybridized carbons (Fsp3) is 0.364. The molecule has 2 aromatic rings. The van der Waals surface area contributed by atoms with Crippen LogP contribution in [0.2, 0.25) is 0 Å². The Hall–Kier alpha value is -2.71. The summed E-state index contributed by atoms with van der Waals surface area (Å²) in [5.74, 6) is -0.803. The van der Waals surface area contributed by atoms with Gasteiger partial charge < -0.3 is 10.2 Å². The van der Waals surface area contributed by atoms with Crippen LogP contribution in [-0.2, 0) is 19.6 Å². The van der Waals surface area contributed by atoms with Crippen LogP contribution in [0.5, 0.6) is 0 Å². The van der Waals surface area contributed by atoms with E-state index in [1.165, 1.54) is 12.1 Å². The number of rotatable bonds is 7. The number of sulfonamides is 1. The van der Waals surface area contributed by atoms with Gasteiger partial charge in [0.2, 0.25) is 21.8 Å². The first kappa shape index (κ1) is 22.0. The van der Waals surface area contributed by atoms with Gasteiger partial charge in [0.15, 0.2) is 0 Å². The van der Waals surface area contributed by atoms with Gasteiger partial charge in [-0.15, -0.1) is 0 Å². The van der Waals surface area contributed by atoms with E-state index in [9.17, 15) is 18.0 Å². The van der Waals surface area contributed by atoms with Crippen LogP contribution >= 0.6 is 0 Å². The number of anilines is 2. The first-order valence-electron chi connectivity index (χ1n) is 10.0. The molecule has 2 aromatic carbocycles. The lowest BCUT2D eigenvalue weighted by molar-refractivity contribution is -0.122.